The molecule has 1 aliphatic rings. The normalized spacial score (nSPS) is 19.3. The standard InChI is InChI=1S/C15H21N3O3/c1-11(19)17-7-8-18(13(10-17)15(16)20)9-12-5-3-4-6-14(12)21-2/h3-6,13H,7-10H2,1-2H3,(H2,16,20)/t13-/m0/s1. The van der Waals surface area contributed by atoms with Crippen molar-refractivity contribution < 1.29 is 14.3 Å². The molecular formula is C15H21N3O3. The van der Waals surface area contributed by atoms with Gasteiger partial charge in [0.15, 0.2) is 0 Å². The molecule has 1 aromatic carbocycles. The molecule has 1 atom stereocenters. The van der Waals surface area contributed by atoms with Crippen LogP contribution in [0.4, 0.5) is 0 Å². The second kappa shape index (κ2) is 6.58. The molecule has 1 heterocycles. The van der Waals surface area contributed by atoms with E-state index in [1.165, 1.54) is 6.92 Å². The number of benzene rings is 1. The number of primary amides is 1. The third-order valence-electron chi connectivity index (χ3n) is 3.83. The fourth-order valence-electron chi connectivity index (χ4n) is 2.62. The molecule has 0 spiro atoms. The van der Waals surface area contributed by atoms with Crippen LogP contribution in [0.5, 0.6) is 5.75 Å². The van der Waals surface area contributed by atoms with Gasteiger partial charge in [-0.25, -0.2) is 0 Å². The lowest BCUT2D eigenvalue weighted by molar-refractivity contribution is -0.135. The highest BCUT2D eigenvalue weighted by Gasteiger charge is 2.32. The summed E-state index contributed by atoms with van der Waals surface area (Å²) in [5.74, 6) is 0.351. The highest BCUT2D eigenvalue weighted by molar-refractivity contribution is 5.82. The zero-order chi connectivity index (χ0) is 15.4. The summed E-state index contributed by atoms with van der Waals surface area (Å²) in [4.78, 5) is 26.8. The van der Waals surface area contributed by atoms with Crippen LogP contribution in [0.25, 0.3) is 0 Å². The Morgan fingerprint density at radius 2 is 2.05 bits per heavy atom. The summed E-state index contributed by atoms with van der Waals surface area (Å²) in [6.45, 7) is 3.65. The fraction of sp³-hybridized carbons (Fsp3) is 0.467. The summed E-state index contributed by atoms with van der Waals surface area (Å²) >= 11 is 0. The quantitative estimate of drug-likeness (QED) is 0.860. The molecule has 1 saturated heterocycles. The van der Waals surface area contributed by atoms with Crippen molar-refractivity contribution in [1.29, 1.82) is 0 Å². The lowest BCUT2D eigenvalue weighted by Crippen LogP contribution is -2.58. The minimum atomic E-state index is -0.465. The van der Waals surface area contributed by atoms with Gasteiger partial charge < -0.3 is 15.4 Å². The van der Waals surface area contributed by atoms with Crippen LogP contribution in [0.15, 0.2) is 24.3 Å². The molecule has 1 aliphatic heterocycles. The first kappa shape index (κ1) is 15.3. The number of hydrogen-bond donors (Lipinski definition) is 1. The van der Waals surface area contributed by atoms with E-state index in [0.29, 0.717) is 26.2 Å². The minimum absolute atomic E-state index is 0.0295. The number of piperazine rings is 1. The number of amides is 2. The first-order valence-corrected chi connectivity index (χ1v) is 6.93. The van der Waals surface area contributed by atoms with E-state index in [4.69, 9.17) is 10.5 Å². The van der Waals surface area contributed by atoms with E-state index in [9.17, 15) is 9.59 Å². The number of rotatable bonds is 4. The monoisotopic (exact) mass is 291 g/mol. The summed E-state index contributed by atoms with van der Waals surface area (Å²) < 4.78 is 5.33. The Bertz CT molecular complexity index is 533. The van der Waals surface area contributed by atoms with Gasteiger partial charge in [-0.1, -0.05) is 18.2 Å². The van der Waals surface area contributed by atoms with Gasteiger partial charge in [0.05, 0.1) is 7.11 Å². The molecule has 6 heteroatoms. The smallest absolute Gasteiger partial charge is 0.236 e. The Morgan fingerprint density at radius 1 is 1.33 bits per heavy atom. The lowest BCUT2D eigenvalue weighted by Gasteiger charge is -2.39. The number of hydrogen-bond acceptors (Lipinski definition) is 4. The van der Waals surface area contributed by atoms with E-state index in [-0.39, 0.29) is 5.91 Å². The third-order valence-corrected chi connectivity index (χ3v) is 3.83. The van der Waals surface area contributed by atoms with Crippen molar-refractivity contribution in [2.45, 2.75) is 19.5 Å². The number of carbonyl (C=O) groups is 2. The molecule has 1 aromatic rings. The van der Waals surface area contributed by atoms with Crippen LogP contribution in [0.2, 0.25) is 0 Å². The number of nitrogens with zero attached hydrogens (tertiary/aromatic N) is 2. The van der Waals surface area contributed by atoms with Gasteiger partial charge in [-0.15, -0.1) is 0 Å². The first-order chi connectivity index (χ1) is 10.0. The van der Waals surface area contributed by atoms with Gasteiger partial charge >= 0.3 is 0 Å². The number of methoxy groups -OCH3 is 1. The zero-order valence-corrected chi connectivity index (χ0v) is 12.4. The second-order valence-corrected chi connectivity index (χ2v) is 5.17. The van der Waals surface area contributed by atoms with Crippen LogP contribution in [-0.4, -0.2) is 54.4 Å². The van der Waals surface area contributed by atoms with Crippen LogP contribution in [0.1, 0.15) is 12.5 Å². The van der Waals surface area contributed by atoms with E-state index in [2.05, 4.69) is 0 Å². The average molecular weight is 291 g/mol. The Kier molecular flexibility index (Phi) is 4.80. The van der Waals surface area contributed by atoms with Crippen molar-refractivity contribution >= 4 is 11.8 Å². The van der Waals surface area contributed by atoms with Crippen molar-refractivity contribution in [1.82, 2.24) is 9.80 Å². The van der Waals surface area contributed by atoms with Crippen molar-refractivity contribution in [3.8, 4) is 5.75 Å². The number of para-hydroxylation sites is 1. The van der Waals surface area contributed by atoms with Crippen molar-refractivity contribution in [3.05, 3.63) is 29.8 Å². The van der Waals surface area contributed by atoms with Crippen LogP contribution in [0.3, 0.4) is 0 Å². The molecular weight excluding hydrogens is 270 g/mol. The van der Waals surface area contributed by atoms with Gasteiger partial charge in [-0.2, -0.15) is 0 Å². The van der Waals surface area contributed by atoms with Gasteiger partial charge in [-0.3, -0.25) is 14.5 Å². The molecule has 0 radical (unpaired) electrons. The largest absolute Gasteiger partial charge is 0.496 e. The number of ether oxygens (including phenoxy) is 1. The average Bonchev–Trinajstić information content (AvgIpc) is 2.47. The second-order valence-electron chi connectivity index (χ2n) is 5.17. The van der Waals surface area contributed by atoms with Gasteiger partial charge in [0.25, 0.3) is 0 Å². The summed E-state index contributed by atoms with van der Waals surface area (Å²) in [7, 11) is 1.62. The van der Waals surface area contributed by atoms with Gasteiger partial charge in [0.1, 0.15) is 11.8 Å². The zero-order valence-electron chi connectivity index (χ0n) is 12.4. The van der Waals surface area contributed by atoms with Gasteiger partial charge in [0.2, 0.25) is 11.8 Å². The van der Waals surface area contributed by atoms with Crippen molar-refractivity contribution in [2.75, 3.05) is 26.7 Å². The fourth-order valence-corrected chi connectivity index (χ4v) is 2.62. The Morgan fingerprint density at radius 3 is 2.67 bits per heavy atom. The molecule has 0 unspecified atom stereocenters. The molecule has 21 heavy (non-hydrogen) atoms. The molecule has 2 amide bonds. The van der Waals surface area contributed by atoms with E-state index in [1.54, 1.807) is 12.0 Å². The number of carbonyl (C=O) groups excluding carboxylic acids is 2. The minimum Gasteiger partial charge on any atom is -0.496 e. The van der Waals surface area contributed by atoms with Crippen LogP contribution < -0.4 is 10.5 Å². The molecule has 114 valence electrons. The van der Waals surface area contributed by atoms with Crippen molar-refractivity contribution in [2.24, 2.45) is 5.73 Å². The van der Waals surface area contributed by atoms with Gasteiger partial charge in [-0.05, 0) is 6.07 Å². The summed E-state index contributed by atoms with van der Waals surface area (Å²) in [5, 5.41) is 0. The molecule has 1 fully saturated rings. The summed E-state index contributed by atoms with van der Waals surface area (Å²) in [6.07, 6.45) is 0. The predicted molar refractivity (Wildman–Crippen MR) is 78.6 cm³/mol. The van der Waals surface area contributed by atoms with Crippen molar-refractivity contribution in [3.63, 3.8) is 0 Å². The Hall–Kier alpha value is -2.08. The Labute approximate surface area is 124 Å². The van der Waals surface area contributed by atoms with Gasteiger partial charge in [0, 0.05) is 38.7 Å². The molecule has 0 saturated carbocycles. The molecule has 6 nitrogen and oxygen atoms in total. The summed E-state index contributed by atoms with van der Waals surface area (Å²) in [6, 6.07) is 7.23. The SMILES string of the molecule is COc1ccccc1CN1CCN(C(C)=O)C[C@H]1C(N)=O. The van der Waals surface area contributed by atoms with E-state index in [1.807, 2.05) is 29.2 Å². The van der Waals surface area contributed by atoms with E-state index < -0.39 is 11.9 Å². The molecule has 0 aliphatic carbocycles. The first-order valence-electron chi connectivity index (χ1n) is 6.93. The molecule has 0 aromatic heterocycles. The topological polar surface area (TPSA) is 75.9 Å². The Balaban J connectivity index is 2.15. The maximum atomic E-state index is 11.7. The lowest BCUT2D eigenvalue weighted by atomic mass is 10.1. The predicted octanol–water partition coefficient (Wildman–Crippen LogP) is 0.213. The highest BCUT2D eigenvalue weighted by Crippen LogP contribution is 2.21. The van der Waals surface area contributed by atoms with E-state index in [0.717, 1.165) is 11.3 Å². The molecule has 2 rings (SSSR count). The molecule has 0 bridgehead atoms. The maximum Gasteiger partial charge on any atom is 0.236 e. The van der Waals surface area contributed by atoms with Crippen LogP contribution in [-0.2, 0) is 16.1 Å². The molecule has 2 N–H and O–H groups in total. The summed E-state index contributed by atoms with van der Waals surface area (Å²) in [5.41, 5.74) is 6.50. The number of nitrogens with two attached hydrogens (primary N) is 1. The highest BCUT2D eigenvalue weighted by atomic mass is 16.5. The van der Waals surface area contributed by atoms with Crippen LogP contribution in [0, 0.1) is 0 Å². The van der Waals surface area contributed by atoms with E-state index >= 15 is 0 Å². The van der Waals surface area contributed by atoms with Crippen LogP contribution >= 0.6 is 0 Å². The third kappa shape index (κ3) is 3.52. The maximum absolute atomic E-state index is 11.7.